The minimum atomic E-state index is -1.48. The average Bonchev–Trinajstić information content (AvgIpc) is 2.95. The number of anilines is 2. The lowest BCUT2D eigenvalue weighted by atomic mass is 10.1. The van der Waals surface area contributed by atoms with Crippen LogP contribution in [0.5, 0.6) is 5.75 Å². The largest absolute Gasteiger partial charge is 0.491 e. The number of likely N-dealkylation sites (tertiary alicyclic amines) is 1. The normalized spacial score (nSPS) is 13.9. The molecule has 0 saturated carbocycles. The van der Waals surface area contributed by atoms with Gasteiger partial charge in [0.1, 0.15) is 35.4 Å². The van der Waals surface area contributed by atoms with Gasteiger partial charge in [-0.1, -0.05) is 26.0 Å². The number of carboxylic acid groups (broad SMARTS) is 1. The summed E-state index contributed by atoms with van der Waals surface area (Å²) in [4.78, 5) is 162. The smallest absolute Gasteiger partial charge is 0.328 e. The van der Waals surface area contributed by atoms with Crippen LogP contribution in [0.3, 0.4) is 0 Å². The third-order valence-electron chi connectivity index (χ3n) is 12.6. The van der Waals surface area contributed by atoms with Crippen LogP contribution in [0.15, 0.2) is 45.4 Å². The van der Waals surface area contributed by atoms with Crippen LogP contribution in [-0.2, 0) is 64.2 Å². The van der Waals surface area contributed by atoms with E-state index in [4.69, 9.17) is 29.8 Å². The zero-order valence-corrected chi connectivity index (χ0v) is 46.8. The number of rotatable bonds is 28. The Morgan fingerprint density at radius 2 is 1.40 bits per heavy atom. The molecule has 1 fully saturated rings. The van der Waals surface area contributed by atoms with Crippen molar-refractivity contribution in [3.8, 4) is 5.75 Å². The molecule has 0 radical (unpaired) electrons. The molecule has 1 aliphatic heterocycles. The van der Waals surface area contributed by atoms with Gasteiger partial charge in [-0.15, -0.1) is 0 Å². The lowest BCUT2D eigenvalue weighted by molar-refractivity contribution is -0.147. The van der Waals surface area contributed by atoms with Crippen molar-refractivity contribution in [1.29, 1.82) is 0 Å². The van der Waals surface area contributed by atoms with Crippen LogP contribution in [0.25, 0.3) is 22.2 Å². The molecule has 0 aliphatic carbocycles. The number of pyridine rings is 1. The number of imidazole rings is 2. The summed E-state index contributed by atoms with van der Waals surface area (Å²) >= 11 is 4.00. The summed E-state index contributed by atoms with van der Waals surface area (Å²) in [5, 5.41) is 20.7. The maximum atomic E-state index is 13.8. The zero-order chi connectivity index (χ0) is 61.1. The van der Waals surface area contributed by atoms with Gasteiger partial charge in [-0.3, -0.25) is 68.0 Å². The standard InChI is InChI=1S/C52H59N15O16S/c1-6-29-41(82-25(4)58-29)47(76)63-51-61-32-17-27(43(53)73)19-34(40(32)65(51)13-8-9-14-66-45-33(18-28(21-55-45)44(54)74)62-52(66)64-48(77)42-30(7-2)59-26(5)83-42)80-15-10-16-81-50(79)24(3)57-36(68)22-56-46(75)31(11-12-39(71)72)60-37(69)23-67-38(70)20-35(84)49(67)78/h8-9,17-19,21,24,31,35,84H,6-7,10-16,20,22-23H2,1-5H3,(H2,53,73)(H2,54,74)(H,56,75)(H,57,68)(H,60,69)(H,71,72)(H,61,63,76)(H,62,64,77)/b9-8+/t24-,31+,35?/m1/s1. The van der Waals surface area contributed by atoms with Crippen molar-refractivity contribution in [1.82, 2.24) is 54.9 Å². The number of esters is 1. The Labute approximate surface area is 481 Å². The molecule has 1 saturated heterocycles. The molecule has 31 nitrogen and oxygen atoms in total. The maximum absolute atomic E-state index is 13.8. The molecular formula is C52H59N15O16S. The van der Waals surface area contributed by atoms with Crippen molar-refractivity contribution >= 4 is 112 Å². The zero-order valence-electron chi connectivity index (χ0n) is 45.9. The number of hydrogen-bond acceptors (Lipinski definition) is 21. The van der Waals surface area contributed by atoms with Crippen molar-refractivity contribution in [3.05, 3.63) is 82.4 Å². The van der Waals surface area contributed by atoms with Gasteiger partial charge < -0.3 is 55.4 Å². The number of carbonyl (C=O) groups is 11. The van der Waals surface area contributed by atoms with Gasteiger partial charge in [0.2, 0.25) is 64.8 Å². The highest BCUT2D eigenvalue weighted by Gasteiger charge is 2.38. The van der Waals surface area contributed by atoms with E-state index in [0.29, 0.717) is 29.1 Å². The third-order valence-corrected chi connectivity index (χ3v) is 13.0. The van der Waals surface area contributed by atoms with Gasteiger partial charge in [-0.05, 0) is 44.4 Å². The molecule has 32 heteroatoms. The number of aliphatic carboxylic acids is 1. The van der Waals surface area contributed by atoms with Crippen LogP contribution in [-0.4, -0.2) is 153 Å². The Kier molecular flexibility index (Phi) is 19.9. The first-order valence-corrected chi connectivity index (χ1v) is 26.6. The number of amides is 9. The second kappa shape index (κ2) is 27.2. The Hall–Kier alpha value is -10.0. The predicted molar refractivity (Wildman–Crippen MR) is 295 cm³/mol. The number of carbonyl (C=O) groups excluding carboxylic acids is 10. The highest BCUT2D eigenvalue weighted by molar-refractivity contribution is 7.81. The van der Waals surface area contributed by atoms with Crippen LogP contribution in [0, 0.1) is 13.8 Å². The monoisotopic (exact) mass is 1180 g/mol. The summed E-state index contributed by atoms with van der Waals surface area (Å²) in [6, 6.07) is 1.47. The molecule has 0 bridgehead atoms. The number of nitrogens with zero attached hydrogens (tertiary/aromatic N) is 8. The molecule has 0 spiro atoms. The maximum Gasteiger partial charge on any atom is 0.328 e. The molecule has 10 N–H and O–H groups in total. The summed E-state index contributed by atoms with van der Waals surface area (Å²) in [5.74, 6) is -8.66. The van der Waals surface area contributed by atoms with Crippen molar-refractivity contribution in [2.75, 3.05) is 36.9 Å². The fraction of sp³-hybridized carbons (Fsp3) is 0.385. The van der Waals surface area contributed by atoms with Gasteiger partial charge in [0.15, 0.2) is 17.4 Å². The van der Waals surface area contributed by atoms with Gasteiger partial charge in [0.05, 0.1) is 47.5 Å². The van der Waals surface area contributed by atoms with Crippen LogP contribution in [0.4, 0.5) is 11.9 Å². The SMILES string of the molecule is CCc1nc(C)oc1C(=O)Nc1nc2cc(C(N)=O)cnc2n1C/C=C/Cn1c(NC(=O)c2oc(C)nc2CC)nc2cc(C(N)=O)cc(OCCCOC(=O)[C@@H](C)NC(=O)CNC(=O)[C@H](CCC(=O)O)NC(=O)CN3C(=O)CC(S)C3=O)c21. The number of hydrogen-bond donors (Lipinski definition) is 9. The van der Waals surface area contributed by atoms with Gasteiger partial charge in [0, 0.05) is 58.0 Å². The highest BCUT2D eigenvalue weighted by atomic mass is 32.1. The summed E-state index contributed by atoms with van der Waals surface area (Å²) in [7, 11) is 0. The molecule has 1 unspecified atom stereocenters. The predicted octanol–water partition coefficient (Wildman–Crippen LogP) is 0.797. The molecule has 1 aromatic carbocycles. The van der Waals surface area contributed by atoms with E-state index in [9.17, 15) is 57.8 Å². The number of allylic oxidation sites excluding steroid dienone is 2. The van der Waals surface area contributed by atoms with E-state index in [1.807, 2.05) is 6.92 Å². The number of carboxylic acids is 1. The molecule has 7 rings (SSSR count). The number of nitrogens with one attached hydrogen (secondary N) is 5. The molecule has 3 atom stereocenters. The molecule has 84 heavy (non-hydrogen) atoms. The van der Waals surface area contributed by atoms with E-state index in [1.165, 1.54) is 31.3 Å². The summed E-state index contributed by atoms with van der Waals surface area (Å²) < 4.78 is 25.9. The van der Waals surface area contributed by atoms with Crippen molar-refractivity contribution in [3.63, 3.8) is 0 Å². The molecular weight excluding hydrogens is 1120 g/mol. The number of oxazole rings is 2. The fourth-order valence-corrected chi connectivity index (χ4v) is 8.85. The molecule has 5 aromatic heterocycles. The van der Waals surface area contributed by atoms with E-state index in [-0.39, 0.29) is 113 Å². The third kappa shape index (κ3) is 14.9. The van der Waals surface area contributed by atoms with Crippen LogP contribution in [0.2, 0.25) is 0 Å². The van der Waals surface area contributed by atoms with E-state index in [1.54, 1.807) is 42.1 Å². The van der Waals surface area contributed by atoms with Crippen molar-refractivity contribution in [2.24, 2.45) is 11.5 Å². The summed E-state index contributed by atoms with van der Waals surface area (Å²) in [5.41, 5.74) is 13.1. The van der Waals surface area contributed by atoms with Gasteiger partial charge >= 0.3 is 11.9 Å². The second-order valence-corrected chi connectivity index (χ2v) is 19.4. The van der Waals surface area contributed by atoms with E-state index in [0.717, 1.165) is 0 Å². The number of fused-ring (bicyclic) bond motifs is 2. The van der Waals surface area contributed by atoms with Gasteiger partial charge in [-0.2, -0.15) is 12.6 Å². The Bertz CT molecular complexity index is 3640. The van der Waals surface area contributed by atoms with Crippen molar-refractivity contribution in [2.45, 2.75) is 104 Å². The van der Waals surface area contributed by atoms with E-state index >= 15 is 0 Å². The number of aromatic nitrogens is 7. The second-order valence-electron chi connectivity index (χ2n) is 18.8. The van der Waals surface area contributed by atoms with Crippen LogP contribution in [0.1, 0.15) is 111 Å². The Morgan fingerprint density at radius 1 is 0.810 bits per heavy atom. The number of nitrogens with two attached hydrogens (primary N) is 2. The summed E-state index contributed by atoms with van der Waals surface area (Å²) in [6.07, 6.45) is 4.28. The van der Waals surface area contributed by atoms with Crippen LogP contribution >= 0.6 is 12.6 Å². The molecule has 9 amide bonds. The number of ether oxygens (including phenoxy) is 2. The van der Waals surface area contributed by atoms with E-state index in [2.05, 4.69) is 64.1 Å². The number of primary amides is 2. The first-order valence-electron chi connectivity index (χ1n) is 26.1. The van der Waals surface area contributed by atoms with Gasteiger partial charge in [0.25, 0.3) is 11.8 Å². The minimum absolute atomic E-state index is 0.0115. The number of thiol groups is 1. The number of benzene rings is 1. The number of aryl methyl sites for hydroxylation is 4. The summed E-state index contributed by atoms with van der Waals surface area (Å²) in [6.45, 7) is 6.27. The van der Waals surface area contributed by atoms with Gasteiger partial charge in [-0.25, -0.2) is 29.7 Å². The lowest BCUT2D eigenvalue weighted by Gasteiger charge is -2.20. The minimum Gasteiger partial charge on any atom is -0.491 e. The molecule has 444 valence electrons. The van der Waals surface area contributed by atoms with Crippen molar-refractivity contribution < 1.29 is 76.2 Å². The molecule has 1 aliphatic rings. The van der Waals surface area contributed by atoms with Crippen LogP contribution < -0.4 is 42.8 Å². The molecule has 6 heterocycles. The quantitative estimate of drug-likeness (QED) is 0.0108. The average molecular weight is 1180 g/mol. The topological polar surface area (TPSA) is 442 Å². The lowest BCUT2D eigenvalue weighted by Crippen LogP contribution is -2.52. The first kappa shape index (κ1) is 61.6. The molecule has 6 aromatic rings. The Balaban J connectivity index is 1.03. The number of imide groups is 1. The Morgan fingerprint density at radius 3 is 1.99 bits per heavy atom. The first-order chi connectivity index (χ1) is 40.0. The fourth-order valence-electron chi connectivity index (χ4n) is 8.55. The highest BCUT2D eigenvalue weighted by Crippen LogP contribution is 2.32. The van der Waals surface area contributed by atoms with E-state index < -0.39 is 108 Å².